The molecule has 0 radical (unpaired) electrons. The Labute approximate surface area is 174 Å². The zero-order valence-electron chi connectivity index (χ0n) is 15.8. The molecular formula is C21H22ClN3O2S. The van der Waals surface area contributed by atoms with Crippen LogP contribution in [0.5, 0.6) is 0 Å². The van der Waals surface area contributed by atoms with Crippen LogP contribution in [0.2, 0.25) is 5.02 Å². The second kappa shape index (κ2) is 9.75. The van der Waals surface area contributed by atoms with E-state index in [4.69, 9.17) is 16.0 Å². The van der Waals surface area contributed by atoms with Crippen molar-refractivity contribution in [1.29, 1.82) is 0 Å². The van der Waals surface area contributed by atoms with E-state index in [1.54, 1.807) is 22.7 Å². The summed E-state index contributed by atoms with van der Waals surface area (Å²) in [4.78, 5) is 15.6. The Balaban J connectivity index is 1.61. The van der Waals surface area contributed by atoms with Crippen LogP contribution < -0.4 is 0 Å². The fourth-order valence-corrected chi connectivity index (χ4v) is 3.76. The summed E-state index contributed by atoms with van der Waals surface area (Å²) in [5, 5.41) is 8.72. The van der Waals surface area contributed by atoms with Gasteiger partial charge in [0.1, 0.15) is 0 Å². The molecule has 5 nitrogen and oxygen atoms in total. The molecular weight excluding hydrogens is 394 g/mol. The highest BCUT2D eigenvalue weighted by Gasteiger charge is 2.21. The number of amides is 1. The Morgan fingerprint density at radius 2 is 1.82 bits per heavy atom. The van der Waals surface area contributed by atoms with Gasteiger partial charge in [0.15, 0.2) is 0 Å². The quantitative estimate of drug-likeness (QED) is 0.466. The summed E-state index contributed by atoms with van der Waals surface area (Å²) >= 11 is 7.86. The third kappa shape index (κ3) is 5.36. The van der Waals surface area contributed by atoms with E-state index in [-0.39, 0.29) is 18.5 Å². The van der Waals surface area contributed by atoms with Gasteiger partial charge >= 0.3 is 0 Å². The van der Waals surface area contributed by atoms with Gasteiger partial charge < -0.3 is 9.32 Å². The molecule has 146 valence electrons. The lowest BCUT2D eigenvalue weighted by atomic mass is 10.2. The summed E-state index contributed by atoms with van der Waals surface area (Å²) in [6.07, 6.45) is 0.448. The average molecular weight is 416 g/mol. The van der Waals surface area contributed by atoms with Crippen molar-refractivity contribution < 1.29 is 9.21 Å². The number of thioether (sulfide) groups is 1. The second-order valence-electron chi connectivity index (χ2n) is 6.51. The largest absolute Gasteiger partial charge is 0.419 e. The van der Waals surface area contributed by atoms with Gasteiger partial charge in [-0.25, -0.2) is 0 Å². The SMILES string of the molecule is CC(C)N(Cc1nnc(-c2ccccc2Cl)o1)C(=O)CCSc1ccccc1. The van der Waals surface area contributed by atoms with Gasteiger partial charge in [-0.05, 0) is 38.1 Å². The first-order chi connectivity index (χ1) is 13.5. The molecule has 2 aromatic carbocycles. The molecule has 0 aliphatic rings. The Kier molecular flexibility index (Phi) is 7.12. The summed E-state index contributed by atoms with van der Waals surface area (Å²) in [6.45, 7) is 4.24. The van der Waals surface area contributed by atoms with E-state index >= 15 is 0 Å². The second-order valence-corrected chi connectivity index (χ2v) is 8.08. The maximum atomic E-state index is 12.7. The Hall–Kier alpha value is -2.31. The first-order valence-corrected chi connectivity index (χ1v) is 10.5. The summed E-state index contributed by atoms with van der Waals surface area (Å²) in [6, 6.07) is 17.4. The molecule has 7 heteroatoms. The molecule has 0 bridgehead atoms. The van der Waals surface area contributed by atoms with E-state index in [0.29, 0.717) is 28.8 Å². The number of benzene rings is 2. The van der Waals surface area contributed by atoms with Crippen LogP contribution in [0.3, 0.4) is 0 Å². The van der Waals surface area contributed by atoms with Crippen LogP contribution in [-0.2, 0) is 11.3 Å². The highest BCUT2D eigenvalue weighted by atomic mass is 35.5. The number of hydrogen-bond donors (Lipinski definition) is 0. The fraction of sp³-hybridized carbons (Fsp3) is 0.286. The summed E-state index contributed by atoms with van der Waals surface area (Å²) in [5.74, 6) is 1.54. The lowest BCUT2D eigenvalue weighted by molar-refractivity contribution is -0.133. The molecule has 0 saturated heterocycles. The molecule has 0 spiro atoms. The van der Waals surface area contributed by atoms with E-state index in [0.717, 1.165) is 10.6 Å². The van der Waals surface area contributed by atoms with Crippen molar-refractivity contribution in [2.45, 2.75) is 37.8 Å². The van der Waals surface area contributed by atoms with Crippen LogP contribution >= 0.6 is 23.4 Å². The molecule has 1 heterocycles. The molecule has 0 aliphatic carbocycles. The molecule has 0 saturated carbocycles. The highest BCUT2D eigenvalue weighted by Crippen LogP contribution is 2.26. The average Bonchev–Trinajstić information content (AvgIpc) is 3.15. The molecule has 28 heavy (non-hydrogen) atoms. The van der Waals surface area contributed by atoms with Crippen molar-refractivity contribution in [3.63, 3.8) is 0 Å². The van der Waals surface area contributed by atoms with Crippen molar-refractivity contribution in [2.24, 2.45) is 0 Å². The maximum Gasteiger partial charge on any atom is 0.249 e. The van der Waals surface area contributed by atoms with Crippen molar-refractivity contribution in [3.8, 4) is 11.5 Å². The minimum absolute atomic E-state index is 0.0323. The summed E-state index contributed by atoms with van der Waals surface area (Å²) in [7, 11) is 0. The number of aromatic nitrogens is 2. The van der Waals surface area contributed by atoms with E-state index in [9.17, 15) is 4.79 Å². The molecule has 0 aliphatic heterocycles. The maximum absolute atomic E-state index is 12.7. The van der Waals surface area contributed by atoms with Gasteiger partial charge in [0.05, 0.1) is 17.1 Å². The first kappa shape index (κ1) is 20.4. The van der Waals surface area contributed by atoms with Crippen LogP contribution in [0, 0.1) is 0 Å². The molecule has 1 aromatic heterocycles. The Morgan fingerprint density at radius 1 is 1.11 bits per heavy atom. The predicted molar refractivity (Wildman–Crippen MR) is 112 cm³/mol. The lowest BCUT2D eigenvalue weighted by Gasteiger charge is -2.25. The number of carbonyl (C=O) groups is 1. The predicted octanol–water partition coefficient (Wildman–Crippen LogP) is 5.31. The fourth-order valence-electron chi connectivity index (χ4n) is 2.68. The molecule has 0 N–H and O–H groups in total. The van der Waals surface area contributed by atoms with Crippen molar-refractivity contribution >= 4 is 29.3 Å². The van der Waals surface area contributed by atoms with Crippen molar-refractivity contribution in [1.82, 2.24) is 15.1 Å². The summed E-state index contributed by atoms with van der Waals surface area (Å²) < 4.78 is 5.75. The van der Waals surface area contributed by atoms with Gasteiger partial charge in [0.2, 0.25) is 17.7 Å². The molecule has 3 aromatic rings. The monoisotopic (exact) mass is 415 g/mol. The van der Waals surface area contributed by atoms with Crippen LogP contribution in [0.15, 0.2) is 63.9 Å². The van der Waals surface area contributed by atoms with E-state index < -0.39 is 0 Å². The van der Waals surface area contributed by atoms with Gasteiger partial charge in [0.25, 0.3) is 0 Å². The van der Waals surface area contributed by atoms with Gasteiger partial charge in [-0.15, -0.1) is 22.0 Å². The van der Waals surface area contributed by atoms with Gasteiger partial charge in [-0.2, -0.15) is 0 Å². The topological polar surface area (TPSA) is 59.2 Å². The number of halogens is 1. The van der Waals surface area contributed by atoms with E-state index in [2.05, 4.69) is 10.2 Å². The van der Waals surface area contributed by atoms with Crippen LogP contribution in [0.1, 0.15) is 26.2 Å². The summed E-state index contributed by atoms with van der Waals surface area (Å²) in [5.41, 5.74) is 0.685. The minimum atomic E-state index is 0.0323. The Bertz CT molecular complexity index is 915. The molecule has 0 unspecified atom stereocenters. The lowest BCUT2D eigenvalue weighted by Crippen LogP contribution is -2.36. The van der Waals surface area contributed by atoms with E-state index in [1.165, 1.54) is 0 Å². The normalized spacial score (nSPS) is 11.0. The standard InChI is InChI=1S/C21H22ClN3O2S/c1-15(2)25(20(26)12-13-28-16-8-4-3-5-9-16)14-19-23-24-21(27-19)17-10-6-7-11-18(17)22/h3-11,15H,12-14H2,1-2H3. The van der Waals surface area contributed by atoms with Gasteiger partial charge in [-0.1, -0.05) is 41.9 Å². The smallest absolute Gasteiger partial charge is 0.249 e. The number of nitrogens with zero attached hydrogens (tertiary/aromatic N) is 3. The highest BCUT2D eigenvalue weighted by molar-refractivity contribution is 7.99. The van der Waals surface area contributed by atoms with Gasteiger partial charge in [-0.3, -0.25) is 4.79 Å². The third-order valence-corrected chi connectivity index (χ3v) is 5.49. The zero-order valence-corrected chi connectivity index (χ0v) is 17.4. The van der Waals surface area contributed by atoms with Crippen molar-refractivity contribution in [3.05, 3.63) is 65.5 Å². The van der Waals surface area contributed by atoms with Crippen LogP contribution in [0.25, 0.3) is 11.5 Å². The Morgan fingerprint density at radius 3 is 2.54 bits per heavy atom. The van der Waals surface area contributed by atoms with Crippen LogP contribution in [-0.4, -0.2) is 32.8 Å². The molecule has 0 fully saturated rings. The number of rotatable bonds is 8. The number of carbonyl (C=O) groups excluding carboxylic acids is 1. The van der Waals surface area contributed by atoms with Gasteiger partial charge in [0, 0.05) is 23.1 Å². The first-order valence-electron chi connectivity index (χ1n) is 9.09. The molecule has 0 atom stereocenters. The molecule has 3 rings (SSSR count). The zero-order chi connectivity index (χ0) is 19.9. The van der Waals surface area contributed by atoms with Crippen molar-refractivity contribution in [2.75, 3.05) is 5.75 Å². The minimum Gasteiger partial charge on any atom is -0.419 e. The number of hydrogen-bond acceptors (Lipinski definition) is 5. The van der Waals surface area contributed by atoms with Crippen LogP contribution in [0.4, 0.5) is 0 Å². The third-order valence-electron chi connectivity index (χ3n) is 4.15. The van der Waals surface area contributed by atoms with E-state index in [1.807, 2.05) is 62.4 Å². The molecule has 1 amide bonds.